The van der Waals surface area contributed by atoms with Gasteiger partial charge in [-0.1, -0.05) is 72.5 Å². The van der Waals surface area contributed by atoms with Crippen molar-refractivity contribution in [2.24, 2.45) is 5.73 Å². The van der Waals surface area contributed by atoms with Crippen molar-refractivity contribution >= 4 is 17.0 Å². The molecule has 1 aliphatic rings. The summed E-state index contributed by atoms with van der Waals surface area (Å²) in [5.74, 6) is 6.31. The molecule has 4 heteroatoms. The number of rotatable bonds is 3. The van der Waals surface area contributed by atoms with Crippen molar-refractivity contribution in [3.05, 3.63) is 71.8 Å². The number of hydrogen-bond acceptors (Lipinski definition) is 3. The molecular weight excluding hydrogens is 376 g/mol. The Morgan fingerprint density at radius 2 is 1.36 bits per heavy atom. The van der Waals surface area contributed by atoms with Crippen LogP contribution in [0, 0.1) is 11.8 Å². The monoisotopic (exact) mass is 402 g/mol. The SMILES string of the molecule is Br.CN.OC(C#CCN1CCCC1)(c1ccccc1)c1ccccc1. The van der Waals surface area contributed by atoms with Gasteiger partial charge in [-0.05, 0) is 33.0 Å². The molecule has 0 atom stereocenters. The van der Waals surface area contributed by atoms with Crippen molar-refractivity contribution in [1.82, 2.24) is 4.90 Å². The van der Waals surface area contributed by atoms with Crippen LogP contribution in [0.5, 0.6) is 0 Å². The minimum absolute atomic E-state index is 0. The zero-order valence-electron chi connectivity index (χ0n) is 14.7. The van der Waals surface area contributed by atoms with Gasteiger partial charge in [-0.25, -0.2) is 0 Å². The Morgan fingerprint density at radius 1 is 0.920 bits per heavy atom. The van der Waals surface area contributed by atoms with Crippen molar-refractivity contribution in [1.29, 1.82) is 0 Å². The van der Waals surface area contributed by atoms with Crippen molar-refractivity contribution in [3.63, 3.8) is 0 Å². The van der Waals surface area contributed by atoms with E-state index in [1.54, 1.807) is 0 Å². The number of hydrogen-bond donors (Lipinski definition) is 2. The largest absolute Gasteiger partial charge is 0.369 e. The average Bonchev–Trinajstić information content (AvgIpc) is 3.18. The number of halogens is 1. The van der Waals surface area contributed by atoms with Crippen LogP contribution in [0.25, 0.3) is 0 Å². The molecule has 0 spiro atoms. The second-order valence-electron chi connectivity index (χ2n) is 5.73. The van der Waals surface area contributed by atoms with Crippen molar-refractivity contribution in [2.45, 2.75) is 18.4 Å². The Bertz CT molecular complexity index is 619. The number of nitrogens with zero attached hydrogens (tertiary/aromatic N) is 1. The first-order valence-electron chi connectivity index (χ1n) is 8.42. The second-order valence-corrected chi connectivity index (χ2v) is 5.73. The van der Waals surface area contributed by atoms with E-state index < -0.39 is 5.60 Å². The van der Waals surface area contributed by atoms with E-state index in [0.717, 1.165) is 30.8 Å². The van der Waals surface area contributed by atoms with E-state index in [0.29, 0.717) is 0 Å². The summed E-state index contributed by atoms with van der Waals surface area (Å²) in [5.41, 5.74) is 4.88. The lowest BCUT2D eigenvalue weighted by atomic mass is 9.87. The van der Waals surface area contributed by atoms with E-state index >= 15 is 0 Å². The summed E-state index contributed by atoms with van der Waals surface area (Å²) >= 11 is 0. The highest BCUT2D eigenvalue weighted by Crippen LogP contribution is 2.28. The summed E-state index contributed by atoms with van der Waals surface area (Å²) in [6.45, 7) is 2.95. The van der Waals surface area contributed by atoms with Crippen LogP contribution in [0.1, 0.15) is 24.0 Å². The topological polar surface area (TPSA) is 49.5 Å². The van der Waals surface area contributed by atoms with Gasteiger partial charge in [0.25, 0.3) is 0 Å². The van der Waals surface area contributed by atoms with Gasteiger partial charge in [0.2, 0.25) is 0 Å². The Kier molecular flexibility index (Phi) is 9.48. The molecule has 3 nitrogen and oxygen atoms in total. The van der Waals surface area contributed by atoms with Crippen LogP contribution < -0.4 is 5.73 Å². The predicted octanol–water partition coefficient (Wildman–Crippen LogP) is 3.17. The van der Waals surface area contributed by atoms with Crippen molar-refractivity contribution < 1.29 is 5.11 Å². The molecule has 25 heavy (non-hydrogen) atoms. The van der Waals surface area contributed by atoms with Crippen LogP contribution in [0.4, 0.5) is 0 Å². The molecule has 0 aliphatic carbocycles. The molecule has 3 rings (SSSR count). The standard InChI is InChI=1S/C20H21NO.CH5N.BrH/c22-20(18-10-3-1-4-11-18,19-12-5-2-6-13-19)14-9-17-21-15-7-8-16-21;1-2;/h1-6,10-13,22H,7-8,15-17H2;2H2,1H3;1H. The zero-order chi connectivity index (χ0) is 17.3. The van der Waals surface area contributed by atoms with Crippen LogP contribution in [0.2, 0.25) is 0 Å². The molecule has 1 fully saturated rings. The summed E-state index contributed by atoms with van der Waals surface area (Å²) in [6, 6.07) is 19.4. The molecule has 2 aromatic carbocycles. The molecule has 1 heterocycles. The number of likely N-dealkylation sites (tertiary alicyclic amines) is 1. The fourth-order valence-corrected chi connectivity index (χ4v) is 2.89. The Balaban J connectivity index is 0.00000101. The first kappa shape index (κ1) is 21.4. The highest BCUT2D eigenvalue weighted by atomic mass is 79.9. The van der Waals surface area contributed by atoms with Crippen LogP contribution in [-0.4, -0.2) is 36.7 Å². The van der Waals surface area contributed by atoms with Crippen molar-refractivity contribution in [2.75, 3.05) is 26.7 Å². The van der Waals surface area contributed by atoms with Gasteiger partial charge in [-0.3, -0.25) is 4.90 Å². The van der Waals surface area contributed by atoms with Gasteiger partial charge >= 0.3 is 0 Å². The Hall–Kier alpha value is -1.64. The Morgan fingerprint density at radius 3 is 1.80 bits per heavy atom. The smallest absolute Gasteiger partial charge is 0.176 e. The first-order valence-corrected chi connectivity index (χ1v) is 8.42. The van der Waals surface area contributed by atoms with Gasteiger partial charge in [-0.2, -0.15) is 0 Å². The van der Waals surface area contributed by atoms with Gasteiger partial charge in [0.1, 0.15) is 0 Å². The number of benzene rings is 2. The molecule has 1 aliphatic heterocycles. The van der Waals surface area contributed by atoms with Gasteiger partial charge in [0.15, 0.2) is 5.60 Å². The summed E-state index contributed by atoms with van der Waals surface area (Å²) in [4.78, 5) is 2.34. The zero-order valence-corrected chi connectivity index (χ0v) is 16.4. The molecule has 2 aromatic rings. The fourth-order valence-electron chi connectivity index (χ4n) is 2.89. The first-order chi connectivity index (χ1) is 11.8. The number of nitrogens with two attached hydrogens (primary N) is 1. The molecule has 0 unspecified atom stereocenters. The quantitative estimate of drug-likeness (QED) is 0.775. The molecule has 0 radical (unpaired) electrons. The van der Waals surface area contributed by atoms with E-state index in [-0.39, 0.29) is 17.0 Å². The third-order valence-electron chi connectivity index (χ3n) is 4.15. The van der Waals surface area contributed by atoms with E-state index in [1.165, 1.54) is 19.9 Å². The molecule has 134 valence electrons. The van der Waals surface area contributed by atoms with Gasteiger partial charge in [0.05, 0.1) is 6.54 Å². The molecule has 0 bridgehead atoms. The minimum atomic E-state index is -1.25. The molecule has 0 aromatic heterocycles. The molecule has 3 N–H and O–H groups in total. The van der Waals surface area contributed by atoms with Crippen LogP contribution in [-0.2, 0) is 5.60 Å². The normalized spacial score (nSPS) is 13.7. The maximum Gasteiger partial charge on any atom is 0.176 e. The van der Waals surface area contributed by atoms with Crippen LogP contribution in [0.3, 0.4) is 0 Å². The maximum absolute atomic E-state index is 11.2. The maximum atomic E-state index is 11.2. The lowest BCUT2D eigenvalue weighted by Gasteiger charge is -2.23. The molecular formula is C21H27BrN2O. The van der Waals surface area contributed by atoms with Crippen molar-refractivity contribution in [3.8, 4) is 11.8 Å². The van der Waals surface area contributed by atoms with E-state index in [1.807, 2.05) is 60.7 Å². The highest BCUT2D eigenvalue weighted by molar-refractivity contribution is 8.93. The molecule has 0 amide bonds. The third kappa shape index (κ3) is 5.69. The van der Waals surface area contributed by atoms with Gasteiger partial charge in [-0.15, -0.1) is 17.0 Å². The summed E-state index contributed by atoms with van der Waals surface area (Å²) in [5, 5.41) is 11.2. The van der Waals surface area contributed by atoms with E-state index in [9.17, 15) is 5.11 Å². The lowest BCUT2D eigenvalue weighted by Crippen LogP contribution is -2.26. The molecule has 1 saturated heterocycles. The number of aliphatic hydroxyl groups is 1. The van der Waals surface area contributed by atoms with Gasteiger partial charge in [0, 0.05) is 11.1 Å². The summed E-state index contributed by atoms with van der Waals surface area (Å²) in [7, 11) is 1.50. The van der Waals surface area contributed by atoms with E-state index in [4.69, 9.17) is 0 Å². The highest BCUT2D eigenvalue weighted by Gasteiger charge is 2.29. The van der Waals surface area contributed by atoms with Crippen LogP contribution in [0.15, 0.2) is 60.7 Å². The average molecular weight is 403 g/mol. The lowest BCUT2D eigenvalue weighted by molar-refractivity contribution is 0.145. The predicted molar refractivity (Wildman–Crippen MR) is 110 cm³/mol. The Labute approximate surface area is 161 Å². The third-order valence-corrected chi connectivity index (χ3v) is 4.15. The van der Waals surface area contributed by atoms with Crippen LogP contribution >= 0.6 is 17.0 Å². The second kappa shape index (κ2) is 11.1. The summed E-state index contributed by atoms with van der Waals surface area (Å²) in [6.07, 6.45) is 2.51. The summed E-state index contributed by atoms with van der Waals surface area (Å²) < 4.78 is 0. The van der Waals surface area contributed by atoms with Gasteiger partial charge < -0.3 is 10.8 Å². The molecule has 0 saturated carbocycles. The van der Waals surface area contributed by atoms with E-state index in [2.05, 4.69) is 22.5 Å². The minimum Gasteiger partial charge on any atom is -0.369 e. The fraction of sp³-hybridized carbons (Fsp3) is 0.333.